The zero-order chi connectivity index (χ0) is 21.8. The number of nitrogens with zero attached hydrogens (tertiary/aromatic N) is 1. The van der Waals surface area contributed by atoms with E-state index in [9.17, 15) is 9.90 Å². The maximum absolute atomic E-state index is 12.5. The van der Waals surface area contributed by atoms with Gasteiger partial charge in [-0.15, -0.1) is 0 Å². The van der Waals surface area contributed by atoms with E-state index in [-0.39, 0.29) is 11.7 Å². The van der Waals surface area contributed by atoms with Crippen LogP contribution >= 0.6 is 0 Å². The highest BCUT2D eigenvalue weighted by Crippen LogP contribution is 2.33. The first-order valence-corrected chi connectivity index (χ1v) is 10.3. The summed E-state index contributed by atoms with van der Waals surface area (Å²) in [5.41, 5.74) is 4.01. The molecule has 0 unspecified atom stereocenters. The molecule has 0 bridgehead atoms. The Balaban J connectivity index is 1.50. The number of aromatic nitrogens is 1. The molecule has 0 atom stereocenters. The minimum absolute atomic E-state index is 0.0246. The first-order chi connectivity index (χ1) is 15.1. The second-order valence-electron chi connectivity index (χ2n) is 7.23. The number of rotatable bonds is 7. The molecule has 0 radical (unpaired) electrons. The van der Waals surface area contributed by atoms with Crippen LogP contribution in [-0.4, -0.2) is 22.6 Å². The quantitative estimate of drug-likeness (QED) is 0.397. The average molecular weight is 416 g/mol. The maximum Gasteiger partial charge on any atom is 0.255 e. The number of carbonyl (C=O) groups excluding carboxylic acids is 1. The topological polar surface area (TPSA) is 84.6 Å². The number of hydrogen-bond acceptors (Lipinski definition) is 5. The maximum atomic E-state index is 12.5. The van der Waals surface area contributed by atoms with Crippen LogP contribution in [0.1, 0.15) is 36.2 Å². The monoisotopic (exact) mass is 416 g/mol. The molecule has 1 aromatic heterocycles. The minimum atomic E-state index is -0.275. The van der Waals surface area contributed by atoms with Gasteiger partial charge in [0, 0.05) is 17.3 Å². The molecule has 31 heavy (non-hydrogen) atoms. The molecule has 4 aromatic rings. The number of benzene rings is 3. The fourth-order valence-electron chi connectivity index (χ4n) is 3.22. The molecule has 3 aromatic carbocycles. The molecule has 0 aliphatic rings. The second kappa shape index (κ2) is 8.92. The van der Waals surface area contributed by atoms with Crippen molar-refractivity contribution in [3.8, 4) is 23.0 Å². The number of amides is 1. The smallest absolute Gasteiger partial charge is 0.255 e. The molecule has 0 spiro atoms. The fraction of sp³-hybridized carbons (Fsp3) is 0.200. The third kappa shape index (κ3) is 4.53. The van der Waals surface area contributed by atoms with Crippen molar-refractivity contribution in [3.63, 3.8) is 0 Å². The number of hydrogen-bond donors (Lipinski definition) is 2. The van der Waals surface area contributed by atoms with E-state index in [4.69, 9.17) is 9.15 Å². The molecule has 2 N–H and O–H groups in total. The van der Waals surface area contributed by atoms with Crippen LogP contribution in [0.15, 0.2) is 65.1 Å². The normalized spacial score (nSPS) is 10.9. The Labute approximate surface area is 180 Å². The van der Waals surface area contributed by atoms with E-state index in [1.807, 2.05) is 25.1 Å². The van der Waals surface area contributed by atoms with Gasteiger partial charge in [0.2, 0.25) is 5.89 Å². The van der Waals surface area contributed by atoms with Crippen LogP contribution in [0.25, 0.3) is 22.6 Å². The van der Waals surface area contributed by atoms with Crippen molar-refractivity contribution in [1.82, 2.24) is 4.98 Å². The third-order valence-corrected chi connectivity index (χ3v) is 4.94. The molecule has 4 rings (SSSR count). The highest BCUT2D eigenvalue weighted by molar-refractivity contribution is 6.04. The number of ether oxygens (including phenoxy) is 1. The summed E-state index contributed by atoms with van der Waals surface area (Å²) >= 11 is 0. The summed E-state index contributed by atoms with van der Waals surface area (Å²) in [7, 11) is 0. The molecular weight excluding hydrogens is 392 g/mol. The van der Waals surface area contributed by atoms with Crippen molar-refractivity contribution in [2.45, 2.75) is 26.7 Å². The largest absolute Gasteiger partial charge is 0.507 e. The average Bonchev–Trinajstić information content (AvgIpc) is 3.21. The van der Waals surface area contributed by atoms with Crippen LogP contribution in [0.5, 0.6) is 11.5 Å². The third-order valence-electron chi connectivity index (χ3n) is 4.94. The number of phenolic OH excluding ortho intramolecular Hbond substituents is 1. The van der Waals surface area contributed by atoms with Gasteiger partial charge in [-0.05, 0) is 66.9 Å². The van der Waals surface area contributed by atoms with Crippen LogP contribution in [0, 0.1) is 0 Å². The molecule has 158 valence electrons. The van der Waals surface area contributed by atoms with Crippen molar-refractivity contribution < 1.29 is 19.1 Å². The van der Waals surface area contributed by atoms with Gasteiger partial charge in [0.05, 0.1) is 12.2 Å². The lowest BCUT2D eigenvalue weighted by molar-refractivity contribution is 0.102. The van der Waals surface area contributed by atoms with Gasteiger partial charge in [-0.3, -0.25) is 4.79 Å². The highest BCUT2D eigenvalue weighted by atomic mass is 16.5. The van der Waals surface area contributed by atoms with E-state index in [1.165, 1.54) is 11.6 Å². The first kappa shape index (κ1) is 20.5. The number of anilines is 1. The van der Waals surface area contributed by atoms with Crippen LogP contribution in [0.4, 0.5) is 5.69 Å². The van der Waals surface area contributed by atoms with E-state index < -0.39 is 0 Å². The lowest BCUT2D eigenvalue weighted by Crippen LogP contribution is -2.11. The number of aromatic hydroxyl groups is 1. The predicted molar refractivity (Wildman–Crippen MR) is 121 cm³/mol. The SMILES string of the molecule is CCCOc1ccc(C(=O)Nc2ccc(-c3nc4cc(CC)ccc4o3)c(O)c2)cc1. The Kier molecular flexibility index (Phi) is 5.89. The first-order valence-electron chi connectivity index (χ1n) is 10.3. The van der Waals surface area contributed by atoms with Crippen LogP contribution < -0.4 is 10.1 Å². The lowest BCUT2D eigenvalue weighted by atomic mass is 10.1. The Bertz CT molecular complexity index is 1210. The van der Waals surface area contributed by atoms with Gasteiger partial charge < -0.3 is 19.6 Å². The molecule has 0 aliphatic carbocycles. The highest BCUT2D eigenvalue weighted by Gasteiger charge is 2.14. The number of phenols is 1. The summed E-state index contributed by atoms with van der Waals surface area (Å²) in [6.45, 7) is 4.75. The summed E-state index contributed by atoms with van der Waals surface area (Å²) in [6, 6.07) is 17.7. The second-order valence-corrected chi connectivity index (χ2v) is 7.23. The number of oxazole rings is 1. The molecule has 0 aliphatic heterocycles. The van der Waals surface area contributed by atoms with Gasteiger partial charge in [0.25, 0.3) is 5.91 Å². The predicted octanol–water partition coefficient (Wildman–Crippen LogP) is 5.80. The number of fused-ring (bicyclic) bond motifs is 1. The molecule has 0 fully saturated rings. The van der Waals surface area contributed by atoms with Crippen molar-refractivity contribution in [2.75, 3.05) is 11.9 Å². The molecule has 6 heteroatoms. The van der Waals surface area contributed by atoms with E-state index in [0.717, 1.165) is 24.1 Å². The van der Waals surface area contributed by atoms with E-state index >= 15 is 0 Å². The van der Waals surface area contributed by atoms with Gasteiger partial charge in [-0.2, -0.15) is 0 Å². The minimum Gasteiger partial charge on any atom is -0.507 e. The number of nitrogens with one attached hydrogen (secondary N) is 1. The Morgan fingerprint density at radius 1 is 1.06 bits per heavy atom. The summed E-state index contributed by atoms with van der Waals surface area (Å²) in [5.74, 6) is 0.762. The Morgan fingerprint density at radius 2 is 1.87 bits per heavy atom. The lowest BCUT2D eigenvalue weighted by Gasteiger charge is -2.09. The van der Waals surface area contributed by atoms with Crippen molar-refractivity contribution >= 4 is 22.7 Å². The van der Waals surface area contributed by atoms with E-state index in [0.29, 0.717) is 34.9 Å². The summed E-state index contributed by atoms with van der Waals surface area (Å²) in [6.07, 6.45) is 1.83. The van der Waals surface area contributed by atoms with Crippen LogP contribution in [0.3, 0.4) is 0 Å². The van der Waals surface area contributed by atoms with Gasteiger partial charge in [0.15, 0.2) is 5.58 Å². The molecule has 6 nitrogen and oxygen atoms in total. The fourth-order valence-corrected chi connectivity index (χ4v) is 3.22. The van der Waals surface area contributed by atoms with Gasteiger partial charge in [-0.1, -0.05) is 19.9 Å². The summed E-state index contributed by atoms with van der Waals surface area (Å²) < 4.78 is 11.3. The molecule has 0 saturated carbocycles. The van der Waals surface area contributed by atoms with E-state index in [2.05, 4.69) is 17.2 Å². The number of aryl methyl sites for hydroxylation is 1. The Hall–Kier alpha value is -3.80. The molecular formula is C25H24N2O4. The van der Waals surface area contributed by atoms with Crippen LogP contribution in [-0.2, 0) is 6.42 Å². The van der Waals surface area contributed by atoms with Crippen molar-refractivity contribution in [2.24, 2.45) is 0 Å². The molecule has 1 amide bonds. The standard InChI is InChI=1S/C25H24N2O4/c1-3-13-30-19-9-6-17(7-10-19)24(29)26-18-8-11-20(22(28)15-18)25-27-21-14-16(4-2)5-12-23(21)31-25/h5-12,14-15,28H,3-4,13H2,1-2H3,(H,26,29). The van der Waals surface area contributed by atoms with Crippen molar-refractivity contribution in [1.29, 1.82) is 0 Å². The van der Waals surface area contributed by atoms with Gasteiger partial charge in [-0.25, -0.2) is 4.98 Å². The van der Waals surface area contributed by atoms with Crippen LogP contribution in [0.2, 0.25) is 0 Å². The van der Waals surface area contributed by atoms with Gasteiger partial charge in [0.1, 0.15) is 17.0 Å². The van der Waals surface area contributed by atoms with E-state index in [1.54, 1.807) is 36.4 Å². The van der Waals surface area contributed by atoms with Gasteiger partial charge >= 0.3 is 0 Å². The Morgan fingerprint density at radius 3 is 2.58 bits per heavy atom. The summed E-state index contributed by atoms with van der Waals surface area (Å²) in [5, 5.41) is 13.3. The molecule has 1 heterocycles. The zero-order valence-corrected chi connectivity index (χ0v) is 17.5. The number of carbonyl (C=O) groups is 1. The zero-order valence-electron chi connectivity index (χ0n) is 17.5. The van der Waals surface area contributed by atoms with Crippen molar-refractivity contribution in [3.05, 3.63) is 71.8 Å². The summed E-state index contributed by atoms with van der Waals surface area (Å²) in [4.78, 5) is 17.0. The molecule has 0 saturated heterocycles.